The van der Waals surface area contributed by atoms with Gasteiger partial charge in [-0.2, -0.15) is 0 Å². The van der Waals surface area contributed by atoms with Crippen LogP contribution < -0.4 is 10.5 Å². The second-order valence-corrected chi connectivity index (χ2v) is 4.57. The predicted octanol–water partition coefficient (Wildman–Crippen LogP) is 2.96. The van der Waals surface area contributed by atoms with Gasteiger partial charge in [0, 0.05) is 17.3 Å². The summed E-state index contributed by atoms with van der Waals surface area (Å²) in [4.78, 5) is 8.33. The standard InChI is InChI=1S/C14H16FN3O/c1-8(2)19-12-5-4-10(7-11(12)15)14-17-9(3)6-13(16)18-14/h4-8H,1-3H3,(H2,16,17,18). The summed E-state index contributed by atoms with van der Waals surface area (Å²) < 4.78 is 19.2. The zero-order chi connectivity index (χ0) is 14.0. The fourth-order valence-electron chi connectivity index (χ4n) is 1.71. The van der Waals surface area contributed by atoms with E-state index in [-0.39, 0.29) is 11.9 Å². The van der Waals surface area contributed by atoms with Gasteiger partial charge in [-0.25, -0.2) is 14.4 Å². The molecule has 1 heterocycles. The lowest BCUT2D eigenvalue weighted by Gasteiger charge is -2.11. The maximum Gasteiger partial charge on any atom is 0.165 e. The van der Waals surface area contributed by atoms with Crippen molar-refractivity contribution in [2.24, 2.45) is 0 Å². The zero-order valence-corrected chi connectivity index (χ0v) is 11.1. The first-order valence-electron chi connectivity index (χ1n) is 6.03. The van der Waals surface area contributed by atoms with Crippen molar-refractivity contribution in [3.05, 3.63) is 35.8 Å². The zero-order valence-electron chi connectivity index (χ0n) is 11.1. The number of nitrogens with zero attached hydrogens (tertiary/aromatic N) is 2. The van der Waals surface area contributed by atoms with E-state index in [1.165, 1.54) is 6.07 Å². The van der Waals surface area contributed by atoms with Crippen LogP contribution in [0.2, 0.25) is 0 Å². The molecule has 2 N–H and O–H groups in total. The number of benzene rings is 1. The minimum Gasteiger partial charge on any atom is -0.488 e. The maximum absolute atomic E-state index is 13.9. The van der Waals surface area contributed by atoms with Crippen LogP contribution in [0.15, 0.2) is 24.3 Å². The number of ether oxygens (including phenoxy) is 1. The highest BCUT2D eigenvalue weighted by atomic mass is 19.1. The Kier molecular flexibility index (Phi) is 3.64. The molecule has 0 aliphatic rings. The molecule has 0 aliphatic carbocycles. The third-order valence-corrected chi connectivity index (χ3v) is 2.43. The number of aryl methyl sites for hydroxylation is 1. The molecule has 0 saturated carbocycles. The van der Waals surface area contributed by atoms with E-state index < -0.39 is 5.82 Å². The molecule has 0 bridgehead atoms. The first kappa shape index (κ1) is 13.3. The van der Waals surface area contributed by atoms with Gasteiger partial charge in [0.1, 0.15) is 5.82 Å². The Balaban J connectivity index is 2.38. The topological polar surface area (TPSA) is 61.0 Å². The van der Waals surface area contributed by atoms with Crippen LogP contribution in [0.5, 0.6) is 5.75 Å². The van der Waals surface area contributed by atoms with Crippen LogP contribution in [0.4, 0.5) is 10.2 Å². The monoisotopic (exact) mass is 261 g/mol. The highest BCUT2D eigenvalue weighted by molar-refractivity contribution is 5.58. The molecule has 1 aromatic carbocycles. The van der Waals surface area contributed by atoms with Gasteiger partial charge in [-0.15, -0.1) is 0 Å². The second kappa shape index (κ2) is 5.22. The van der Waals surface area contributed by atoms with Crippen molar-refractivity contribution in [1.82, 2.24) is 9.97 Å². The number of anilines is 1. The van der Waals surface area contributed by atoms with E-state index in [1.807, 2.05) is 20.8 Å². The van der Waals surface area contributed by atoms with Crippen LogP contribution in [-0.2, 0) is 0 Å². The van der Waals surface area contributed by atoms with E-state index in [2.05, 4.69) is 9.97 Å². The molecule has 19 heavy (non-hydrogen) atoms. The highest BCUT2D eigenvalue weighted by Crippen LogP contribution is 2.24. The molecule has 4 nitrogen and oxygen atoms in total. The Bertz CT molecular complexity index is 579. The van der Waals surface area contributed by atoms with Crippen molar-refractivity contribution in [2.75, 3.05) is 5.73 Å². The largest absolute Gasteiger partial charge is 0.488 e. The molecular weight excluding hydrogens is 245 g/mol. The predicted molar refractivity (Wildman–Crippen MR) is 72.3 cm³/mol. The maximum atomic E-state index is 13.9. The van der Waals surface area contributed by atoms with Crippen LogP contribution in [0.3, 0.4) is 0 Å². The van der Waals surface area contributed by atoms with E-state index in [0.29, 0.717) is 17.2 Å². The lowest BCUT2D eigenvalue weighted by molar-refractivity contribution is 0.231. The fourth-order valence-corrected chi connectivity index (χ4v) is 1.71. The van der Waals surface area contributed by atoms with Gasteiger partial charge in [-0.05, 0) is 39.0 Å². The molecular formula is C14H16FN3O. The average Bonchev–Trinajstić information content (AvgIpc) is 2.30. The number of hydrogen-bond acceptors (Lipinski definition) is 4. The van der Waals surface area contributed by atoms with E-state index in [0.717, 1.165) is 5.69 Å². The van der Waals surface area contributed by atoms with E-state index in [1.54, 1.807) is 18.2 Å². The Morgan fingerprint density at radius 2 is 1.95 bits per heavy atom. The summed E-state index contributed by atoms with van der Waals surface area (Å²) in [5.41, 5.74) is 6.98. The molecule has 0 amide bonds. The highest BCUT2D eigenvalue weighted by Gasteiger charge is 2.10. The average molecular weight is 261 g/mol. The summed E-state index contributed by atoms with van der Waals surface area (Å²) in [5, 5.41) is 0. The van der Waals surface area contributed by atoms with Crippen LogP contribution >= 0.6 is 0 Å². The number of aromatic nitrogens is 2. The van der Waals surface area contributed by atoms with Gasteiger partial charge in [0.15, 0.2) is 17.4 Å². The van der Waals surface area contributed by atoms with Gasteiger partial charge in [-0.3, -0.25) is 0 Å². The molecule has 0 unspecified atom stereocenters. The first-order chi connectivity index (χ1) is 8.95. The minimum absolute atomic E-state index is 0.0776. The van der Waals surface area contributed by atoms with Crippen molar-refractivity contribution in [3.63, 3.8) is 0 Å². The van der Waals surface area contributed by atoms with Gasteiger partial charge in [0.25, 0.3) is 0 Å². The summed E-state index contributed by atoms with van der Waals surface area (Å²) in [6.07, 6.45) is -0.0776. The van der Waals surface area contributed by atoms with Crippen molar-refractivity contribution in [1.29, 1.82) is 0 Å². The second-order valence-electron chi connectivity index (χ2n) is 4.57. The Morgan fingerprint density at radius 3 is 2.53 bits per heavy atom. The van der Waals surface area contributed by atoms with Crippen molar-refractivity contribution in [2.45, 2.75) is 26.9 Å². The number of rotatable bonds is 3. The summed E-state index contributed by atoms with van der Waals surface area (Å²) in [6, 6.07) is 6.31. The Hall–Kier alpha value is -2.17. The third-order valence-electron chi connectivity index (χ3n) is 2.43. The Labute approximate surface area is 111 Å². The van der Waals surface area contributed by atoms with E-state index in [4.69, 9.17) is 10.5 Å². The third kappa shape index (κ3) is 3.19. The molecule has 0 spiro atoms. The molecule has 2 rings (SSSR count). The smallest absolute Gasteiger partial charge is 0.165 e. The van der Waals surface area contributed by atoms with Crippen molar-refractivity contribution >= 4 is 5.82 Å². The van der Waals surface area contributed by atoms with Crippen molar-refractivity contribution < 1.29 is 9.13 Å². The van der Waals surface area contributed by atoms with Crippen LogP contribution in [0, 0.1) is 12.7 Å². The molecule has 0 aliphatic heterocycles. The number of halogens is 1. The molecule has 0 radical (unpaired) electrons. The molecule has 5 heteroatoms. The SMILES string of the molecule is Cc1cc(N)nc(-c2ccc(OC(C)C)c(F)c2)n1. The quantitative estimate of drug-likeness (QED) is 0.922. The normalized spacial score (nSPS) is 10.8. The first-order valence-corrected chi connectivity index (χ1v) is 6.03. The van der Waals surface area contributed by atoms with Crippen molar-refractivity contribution in [3.8, 4) is 17.1 Å². The summed E-state index contributed by atoms with van der Waals surface area (Å²) in [7, 11) is 0. The molecule has 0 atom stereocenters. The van der Waals surface area contributed by atoms with Crippen LogP contribution in [0.25, 0.3) is 11.4 Å². The van der Waals surface area contributed by atoms with E-state index in [9.17, 15) is 4.39 Å². The number of hydrogen-bond donors (Lipinski definition) is 1. The number of nitrogens with two attached hydrogens (primary N) is 1. The van der Waals surface area contributed by atoms with Gasteiger partial charge in [0.2, 0.25) is 0 Å². The lowest BCUT2D eigenvalue weighted by atomic mass is 10.2. The van der Waals surface area contributed by atoms with Gasteiger partial charge in [0.05, 0.1) is 6.10 Å². The summed E-state index contributed by atoms with van der Waals surface area (Å²) in [5.74, 6) is 0.562. The fraction of sp³-hybridized carbons (Fsp3) is 0.286. The molecule has 0 saturated heterocycles. The van der Waals surface area contributed by atoms with Crippen LogP contribution in [-0.4, -0.2) is 16.1 Å². The summed E-state index contributed by atoms with van der Waals surface area (Å²) >= 11 is 0. The lowest BCUT2D eigenvalue weighted by Crippen LogP contribution is -2.07. The molecule has 0 fully saturated rings. The van der Waals surface area contributed by atoms with Crippen LogP contribution in [0.1, 0.15) is 19.5 Å². The summed E-state index contributed by atoms with van der Waals surface area (Å²) in [6.45, 7) is 5.50. The van der Waals surface area contributed by atoms with Gasteiger partial charge in [-0.1, -0.05) is 0 Å². The Morgan fingerprint density at radius 1 is 1.21 bits per heavy atom. The number of nitrogen functional groups attached to an aromatic ring is 1. The molecule has 100 valence electrons. The molecule has 2 aromatic rings. The van der Waals surface area contributed by atoms with Gasteiger partial charge >= 0.3 is 0 Å². The van der Waals surface area contributed by atoms with E-state index >= 15 is 0 Å². The van der Waals surface area contributed by atoms with Gasteiger partial charge < -0.3 is 10.5 Å². The molecule has 1 aromatic heterocycles. The minimum atomic E-state index is -0.435.